The fraction of sp³-hybridized carbons (Fsp3) is 1.00. The summed E-state index contributed by atoms with van der Waals surface area (Å²) in [6, 6.07) is 0. The Morgan fingerprint density at radius 3 is 1.56 bits per heavy atom. The van der Waals surface area contributed by atoms with Crippen LogP contribution < -0.4 is 0 Å². The fourth-order valence-electron chi connectivity index (χ4n) is 7.33. The molecule has 0 radical (unpaired) electrons. The smallest absolute Gasteiger partial charge is 0.187 e. The van der Waals surface area contributed by atoms with E-state index in [4.69, 9.17) is 14.2 Å². The zero-order valence-corrected chi connectivity index (χ0v) is 24.7. The van der Waals surface area contributed by atoms with E-state index in [-0.39, 0.29) is 32.1 Å². The van der Waals surface area contributed by atoms with Gasteiger partial charge >= 0.3 is 0 Å². The van der Waals surface area contributed by atoms with Crippen molar-refractivity contribution in [1.29, 1.82) is 0 Å². The van der Waals surface area contributed by atoms with E-state index in [2.05, 4.69) is 0 Å². The Balaban J connectivity index is 1.56. The van der Waals surface area contributed by atoms with Gasteiger partial charge in [0, 0.05) is 25.0 Å². The number of aliphatic hydroxyl groups is 14. The van der Waals surface area contributed by atoms with Gasteiger partial charge in [-0.05, 0) is 43.9 Å². The van der Waals surface area contributed by atoms with Crippen molar-refractivity contribution in [2.75, 3.05) is 19.8 Å². The average Bonchev–Trinajstić information content (AvgIpc) is 3.02. The predicted molar refractivity (Wildman–Crippen MR) is 147 cm³/mol. The number of aliphatic hydroxyl groups excluding tert-OH is 14. The molecule has 4 aliphatic rings. The van der Waals surface area contributed by atoms with Crippen LogP contribution in [0.15, 0.2) is 0 Å². The minimum atomic E-state index is -1.87. The standard InChI is InChI=1S/C28H50O17/c29-6-11-3-9(16(33)23(40)17(11)34)1-2-10-5-14(43-26-19(36)12(7-30)4-13(32)20(26)37)22(39)27(18(10)35)45-28-25(42)24(41)21(38)15(8-31)44-28/h9-42H,1-8H2/t9-,10+,11-,12-,13-,14-,15-,16+,17-,18-,19-,20+,21-,22+,23-,24+,25-,26+,27+,28+/m1/s1. The summed E-state index contributed by atoms with van der Waals surface area (Å²) in [6.45, 7) is -1.72. The summed E-state index contributed by atoms with van der Waals surface area (Å²) >= 11 is 0. The lowest BCUT2D eigenvalue weighted by molar-refractivity contribution is -0.336. The lowest BCUT2D eigenvalue weighted by Gasteiger charge is -2.49. The molecule has 0 bridgehead atoms. The molecule has 0 aromatic rings. The van der Waals surface area contributed by atoms with Crippen LogP contribution in [0, 0.1) is 23.7 Å². The normalized spacial score (nSPS) is 52.9. The molecule has 4 fully saturated rings. The molecule has 17 heteroatoms. The van der Waals surface area contributed by atoms with Crippen molar-refractivity contribution in [2.24, 2.45) is 23.7 Å². The Morgan fingerprint density at radius 1 is 0.444 bits per heavy atom. The molecule has 17 nitrogen and oxygen atoms in total. The van der Waals surface area contributed by atoms with Crippen LogP contribution in [0.1, 0.15) is 32.1 Å². The van der Waals surface area contributed by atoms with Crippen molar-refractivity contribution >= 4 is 0 Å². The van der Waals surface area contributed by atoms with E-state index in [0.717, 1.165) is 0 Å². The Labute approximate surface area is 259 Å². The van der Waals surface area contributed by atoms with E-state index in [9.17, 15) is 71.5 Å². The summed E-state index contributed by atoms with van der Waals surface area (Å²) in [5.74, 6) is -2.96. The van der Waals surface area contributed by atoms with Crippen LogP contribution in [0.2, 0.25) is 0 Å². The predicted octanol–water partition coefficient (Wildman–Crippen LogP) is -6.75. The van der Waals surface area contributed by atoms with E-state index in [1.807, 2.05) is 0 Å². The molecule has 14 N–H and O–H groups in total. The molecule has 1 aliphatic heterocycles. The van der Waals surface area contributed by atoms with Crippen LogP contribution in [0.5, 0.6) is 0 Å². The van der Waals surface area contributed by atoms with Gasteiger partial charge in [0.2, 0.25) is 0 Å². The molecule has 264 valence electrons. The number of hydrogen-bond acceptors (Lipinski definition) is 17. The molecule has 20 atom stereocenters. The second-order valence-corrected chi connectivity index (χ2v) is 13.1. The van der Waals surface area contributed by atoms with Crippen LogP contribution in [-0.2, 0) is 14.2 Å². The molecule has 1 heterocycles. The third-order valence-corrected chi connectivity index (χ3v) is 10.3. The van der Waals surface area contributed by atoms with Crippen molar-refractivity contribution in [3.63, 3.8) is 0 Å². The molecule has 1 saturated heterocycles. The van der Waals surface area contributed by atoms with Gasteiger partial charge in [-0.3, -0.25) is 0 Å². The first-order valence-corrected chi connectivity index (χ1v) is 15.5. The highest BCUT2D eigenvalue weighted by atomic mass is 16.7. The van der Waals surface area contributed by atoms with Crippen LogP contribution in [0.3, 0.4) is 0 Å². The maximum absolute atomic E-state index is 11.4. The lowest BCUT2D eigenvalue weighted by Crippen LogP contribution is -2.64. The molecule has 0 unspecified atom stereocenters. The highest BCUT2D eigenvalue weighted by Gasteiger charge is 2.53. The van der Waals surface area contributed by atoms with Crippen molar-refractivity contribution in [3.05, 3.63) is 0 Å². The summed E-state index contributed by atoms with van der Waals surface area (Å²) in [5.41, 5.74) is 0. The Morgan fingerprint density at radius 2 is 0.956 bits per heavy atom. The molecule has 4 rings (SSSR count). The summed E-state index contributed by atoms with van der Waals surface area (Å²) in [4.78, 5) is 0. The maximum atomic E-state index is 11.4. The lowest BCUT2D eigenvalue weighted by atomic mass is 9.71. The molecule has 0 aromatic carbocycles. The van der Waals surface area contributed by atoms with Gasteiger partial charge in [0.05, 0.1) is 43.2 Å². The third-order valence-electron chi connectivity index (χ3n) is 10.3. The Bertz CT molecular complexity index is 912. The van der Waals surface area contributed by atoms with E-state index < -0.39 is 141 Å². The quantitative estimate of drug-likeness (QED) is 0.104. The highest BCUT2D eigenvalue weighted by molar-refractivity contribution is 5.00. The van der Waals surface area contributed by atoms with Gasteiger partial charge in [0.25, 0.3) is 0 Å². The summed E-state index contributed by atoms with van der Waals surface area (Å²) < 4.78 is 17.1. The van der Waals surface area contributed by atoms with Crippen molar-refractivity contribution in [3.8, 4) is 0 Å². The number of rotatable bonds is 10. The molecule has 3 aliphatic carbocycles. The molecule has 3 saturated carbocycles. The van der Waals surface area contributed by atoms with Gasteiger partial charge in [-0.25, -0.2) is 0 Å². The van der Waals surface area contributed by atoms with Crippen molar-refractivity contribution in [1.82, 2.24) is 0 Å². The van der Waals surface area contributed by atoms with Gasteiger partial charge in [-0.2, -0.15) is 0 Å². The molecular formula is C28H50O17. The second kappa shape index (κ2) is 15.7. The average molecular weight is 659 g/mol. The van der Waals surface area contributed by atoms with E-state index in [0.29, 0.717) is 0 Å². The zero-order chi connectivity index (χ0) is 33.3. The van der Waals surface area contributed by atoms with Crippen molar-refractivity contribution < 1.29 is 85.7 Å². The first-order chi connectivity index (χ1) is 21.2. The third kappa shape index (κ3) is 7.65. The maximum Gasteiger partial charge on any atom is 0.187 e. The molecule has 0 amide bonds. The summed E-state index contributed by atoms with van der Waals surface area (Å²) in [7, 11) is 0. The van der Waals surface area contributed by atoms with Crippen LogP contribution >= 0.6 is 0 Å². The first kappa shape index (κ1) is 37.1. The van der Waals surface area contributed by atoms with Crippen LogP contribution in [0.4, 0.5) is 0 Å². The SMILES string of the molecule is OC[C@H]1C[C@@H](CC[C@H]2C[C@@H](O[C@H]3[C@H](O)[C@@H](CO)C[C@@H](O)[C@@H]3O)[C@H](O)[C@@H](O[C@@H]3O[C@H](CO)[C@@H](O)[C@H](O)[C@H]3O)[C@@H]2O)[C@H](O)[C@@H](O)[C@@H]1O. The minimum absolute atomic E-state index is 0.107. The number of hydrogen-bond donors (Lipinski definition) is 14. The van der Waals surface area contributed by atoms with Gasteiger partial charge in [-0.1, -0.05) is 0 Å². The summed E-state index contributed by atoms with van der Waals surface area (Å²) in [5, 5.41) is 145. The minimum Gasteiger partial charge on any atom is -0.396 e. The van der Waals surface area contributed by atoms with Gasteiger partial charge in [-0.15, -0.1) is 0 Å². The molecular weight excluding hydrogens is 608 g/mol. The molecule has 0 aromatic heterocycles. The largest absolute Gasteiger partial charge is 0.396 e. The highest BCUT2D eigenvalue weighted by Crippen LogP contribution is 2.40. The molecule has 45 heavy (non-hydrogen) atoms. The zero-order valence-electron chi connectivity index (χ0n) is 24.7. The van der Waals surface area contributed by atoms with Crippen molar-refractivity contribution in [2.45, 2.75) is 130 Å². The van der Waals surface area contributed by atoms with Crippen LogP contribution in [-0.4, -0.2) is 189 Å². The summed E-state index contributed by atoms with van der Waals surface area (Å²) in [6.07, 6.45) is -24.5. The van der Waals surface area contributed by atoms with E-state index in [1.54, 1.807) is 0 Å². The monoisotopic (exact) mass is 658 g/mol. The van der Waals surface area contributed by atoms with Gasteiger partial charge in [0.15, 0.2) is 6.29 Å². The van der Waals surface area contributed by atoms with E-state index in [1.165, 1.54) is 0 Å². The second-order valence-electron chi connectivity index (χ2n) is 13.1. The number of ether oxygens (including phenoxy) is 3. The topological polar surface area (TPSA) is 311 Å². The fourth-order valence-corrected chi connectivity index (χ4v) is 7.33. The molecule has 0 spiro atoms. The van der Waals surface area contributed by atoms with E-state index >= 15 is 0 Å². The Kier molecular flexibility index (Phi) is 13.0. The van der Waals surface area contributed by atoms with Gasteiger partial charge in [0.1, 0.15) is 54.9 Å². The Hall–Kier alpha value is -0.680. The van der Waals surface area contributed by atoms with Gasteiger partial charge < -0.3 is 85.7 Å². The first-order valence-electron chi connectivity index (χ1n) is 15.5. The van der Waals surface area contributed by atoms with Crippen LogP contribution in [0.25, 0.3) is 0 Å².